The molecule has 0 radical (unpaired) electrons. The molecular formula is C20H14ClN3O2. The van der Waals surface area contributed by atoms with E-state index in [0.717, 1.165) is 5.39 Å². The summed E-state index contributed by atoms with van der Waals surface area (Å²) in [5.74, 6) is -0.261. The Labute approximate surface area is 154 Å². The zero-order chi connectivity index (χ0) is 18.4. The number of para-hydroxylation sites is 1. The highest BCUT2D eigenvalue weighted by Crippen LogP contribution is 2.48. The number of carbonyl (C=O) groups excluding carboxylic acids is 1. The third-order valence-electron chi connectivity index (χ3n) is 4.55. The van der Waals surface area contributed by atoms with Crippen molar-refractivity contribution >= 4 is 28.4 Å². The summed E-state index contributed by atoms with van der Waals surface area (Å²) in [4.78, 5) is 12.5. The summed E-state index contributed by atoms with van der Waals surface area (Å²) >= 11 is 6.42. The second-order valence-electron chi connectivity index (χ2n) is 6.03. The molecule has 6 heteroatoms. The van der Waals surface area contributed by atoms with Crippen LogP contribution in [0.3, 0.4) is 0 Å². The largest absolute Gasteiger partial charge is 0.438 e. The van der Waals surface area contributed by atoms with Crippen molar-refractivity contribution in [2.24, 2.45) is 5.73 Å². The fourth-order valence-corrected chi connectivity index (χ4v) is 3.76. The van der Waals surface area contributed by atoms with Gasteiger partial charge in [0.1, 0.15) is 11.6 Å². The number of hydrogen-bond acceptors (Lipinski definition) is 4. The first kappa shape index (κ1) is 16.2. The van der Waals surface area contributed by atoms with Gasteiger partial charge in [0.25, 0.3) is 0 Å². The number of aromatic nitrogens is 1. The van der Waals surface area contributed by atoms with E-state index in [2.05, 4.69) is 6.07 Å². The lowest BCUT2D eigenvalue weighted by Crippen LogP contribution is -2.24. The number of rotatable bonds is 1. The number of allylic oxidation sites excluding steroid dienone is 1. The molecule has 0 amide bonds. The van der Waals surface area contributed by atoms with Crippen molar-refractivity contribution in [1.29, 1.82) is 5.26 Å². The molecule has 0 saturated carbocycles. The van der Waals surface area contributed by atoms with Gasteiger partial charge in [0.2, 0.25) is 11.8 Å². The molecule has 0 aliphatic carbocycles. The van der Waals surface area contributed by atoms with Gasteiger partial charge in [-0.05, 0) is 23.8 Å². The summed E-state index contributed by atoms with van der Waals surface area (Å²) in [6.45, 7) is 1.48. The summed E-state index contributed by atoms with van der Waals surface area (Å²) in [7, 11) is 0. The first-order valence-corrected chi connectivity index (χ1v) is 8.38. The minimum absolute atomic E-state index is 0.0244. The van der Waals surface area contributed by atoms with Crippen molar-refractivity contribution in [3.05, 3.63) is 76.3 Å². The van der Waals surface area contributed by atoms with Crippen LogP contribution < -0.4 is 10.5 Å². The van der Waals surface area contributed by atoms with Gasteiger partial charge in [0.05, 0.1) is 17.1 Å². The van der Waals surface area contributed by atoms with E-state index in [1.54, 1.807) is 10.6 Å². The summed E-state index contributed by atoms with van der Waals surface area (Å²) in [6, 6.07) is 16.8. The highest BCUT2D eigenvalue weighted by atomic mass is 35.5. The summed E-state index contributed by atoms with van der Waals surface area (Å²) in [6.07, 6.45) is 0. The normalized spacial score (nSPS) is 16.1. The zero-order valence-corrected chi connectivity index (χ0v) is 14.6. The molecule has 0 saturated heterocycles. The van der Waals surface area contributed by atoms with E-state index in [9.17, 15) is 10.1 Å². The van der Waals surface area contributed by atoms with Gasteiger partial charge in [-0.2, -0.15) is 5.26 Å². The van der Waals surface area contributed by atoms with E-state index in [4.69, 9.17) is 22.1 Å². The van der Waals surface area contributed by atoms with E-state index < -0.39 is 5.92 Å². The van der Waals surface area contributed by atoms with Crippen molar-refractivity contribution in [1.82, 2.24) is 4.57 Å². The number of carbonyl (C=O) groups is 1. The average Bonchev–Trinajstić information content (AvgIpc) is 2.95. The number of nitrogens with two attached hydrogens (primary N) is 1. The summed E-state index contributed by atoms with van der Waals surface area (Å²) in [5, 5.41) is 11.0. The molecule has 0 fully saturated rings. The number of nitriles is 1. The van der Waals surface area contributed by atoms with Crippen LogP contribution in [0.2, 0.25) is 5.02 Å². The standard InChI is InChI=1S/C20H14ClN3O2/c1-11(25)24-16-9-5-3-7-13(16)19-18(24)17(14(10-22)20(23)26-19)12-6-2-4-8-15(12)21/h2-9,17H,23H2,1H3/t17-/m0/s1. The van der Waals surface area contributed by atoms with Gasteiger partial charge in [-0.15, -0.1) is 0 Å². The van der Waals surface area contributed by atoms with Gasteiger partial charge in [-0.1, -0.05) is 41.9 Å². The molecule has 0 unspecified atom stereocenters. The van der Waals surface area contributed by atoms with E-state index in [0.29, 0.717) is 27.5 Å². The van der Waals surface area contributed by atoms with E-state index in [1.807, 2.05) is 42.5 Å². The molecular weight excluding hydrogens is 350 g/mol. The van der Waals surface area contributed by atoms with Crippen LogP contribution in [0.4, 0.5) is 0 Å². The molecule has 4 rings (SSSR count). The number of hydrogen-bond donors (Lipinski definition) is 1. The Morgan fingerprint density at radius 2 is 1.92 bits per heavy atom. The number of ether oxygens (including phenoxy) is 1. The molecule has 5 nitrogen and oxygen atoms in total. The molecule has 0 bridgehead atoms. The van der Waals surface area contributed by atoms with Gasteiger partial charge in [-0.3, -0.25) is 9.36 Å². The van der Waals surface area contributed by atoms with Crippen LogP contribution in [0.1, 0.15) is 28.9 Å². The Morgan fingerprint density at radius 1 is 1.23 bits per heavy atom. The first-order valence-electron chi connectivity index (χ1n) is 8.01. The minimum Gasteiger partial charge on any atom is -0.438 e. The van der Waals surface area contributed by atoms with E-state index in [-0.39, 0.29) is 17.4 Å². The lowest BCUT2D eigenvalue weighted by Gasteiger charge is -2.26. The molecule has 1 aliphatic rings. The maximum atomic E-state index is 12.5. The van der Waals surface area contributed by atoms with Crippen LogP contribution >= 0.6 is 11.6 Å². The highest BCUT2D eigenvalue weighted by molar-refractivity contribution is 6.31. The summed E-state index contributed by atoms with van der Waals surface area (Å²) < 4.78 is 7.36. The van der Waals surface area contributed by atoms with Crippen LogP contribution in [-0.4, -0.2) is 10.5 Å². The molecule has 128 valence electrons. The maximum absolute atomic E-state index is 12.5. The SMILES string of the molecule is CC(=O)n1c2c(c3ccccc31)OC(N)=C(C#N)[C@@H]2c1ccccc1Cl. The van der Waals surface area contributed by atoms with Gasteiger partial charge < -0.3 is 10.5 Å². The number of nitrogens with zero attached hydrogens (tertiary/aromatic N) is 2. The van der Waals surface area contributed by atoms with E-state index >= 15 is 0 Å². The van der Waals surface area contributed by atoms with Crippen LogP contribution in [0.25, 0.3) is 10.9 Å². The summed E-state index contributed by atoms with van der Waals surface area (Å²) in [5.41, 5.74) is 8.26. The van der Waals surface area contributed by atoms with Gasteiger partial charge in [0.15, 0.2) is 5.75 Å². The van der Waals surface area contributed by atoms with Crippen LogP contribution in [0.5, 0.6) is 5.75 Å². The van der Waals surface area contributed by atoms with Crippen LogP contribution in [0, 0.1) is 11.3 Å². The van der Waals surface area contributed by atoms with E-state index in [1.165, 1.54) is 6.92 Å². The Morgan fingerprint density at radius 3 is 2.62 bits per heavy atom. The molecule has 3 aromatic rings. The Balaban J connectivity index is 2.15. The van der Waals surface area contributed by atoms with Crippen molar-refractivity contribution in [3.63, 3.8) is 0 Å². The van der Waals surface area contributed by atoms with Crippen molar-refractivity contribution in [2.45, 2.75) is 12.8 Å². The maximum Gasteiger partial charge on any atom is 0.228 e. The predicted octanol–water partition coefficient (Wildman–Crippen LogP) is 4.17. The van der Waals surface area contributed by atoms with Gasteiger partial charge in [0, 0.05) is 17.3 Å². The lowest BCUT2D eigenvalue weighted by atomic mass is 9.87. The number of benzene rings is 2. The fourth-order valence-electron chi connectivity index (χ4n) is 3.51. The molecule has 1 atom stereocenters. The quantitative estimate of drug-likeness (QED) is 0.703. The third-order valence-corrected chi connectivity index (χ3v) is 4.90. The molecule has 26 heavy (non-hydrogen) atoms. The fraction of sp³-hybridized carbons (Fsp3) is 0.100. The molecule has 1 aromatic heterocycles. The van der Waals surface area contributed by atoms with Crippen LogP contribution in [0.15, 0.2) is 60.0 Å². The highest BCUT2D eigenvalue weighted by Gasteiger charge is 2.37. The molecule has 2 heterocycles. The monoisotopic (exact) mass is 363 g/mol. The molecule has 2 aromatic carbocycles. The first-order chi connectivity index (χ1) is 12.5. The minimum atomic E-state index is -0.589. The topological polar surface area (TPSA) is 81.0 Å². The third kappa shape index (κ3) is 2.20. The second kappa shape index (κ2) is 5.94. The Bertz CT molecular complexity index is 1140. The van der Waals surface area contributed by atoms with Crippen molar-refractivity contribution < 1.29 is 9.53 Å². The second-order valence-corrected chi connectivity index (χ2v) is 6.44. The number of fused-ring (bicyclic) bond motifs is 3. The van der Waals surface area contributed by atoms with Crippen molar-refractivity contribution in [2.75, 3.05) is 0 Å². The van der Waals surface area contributed by atoms with Gasteiger partial charge in [-0.25, -0.2) is 0 Å². The Kier molecular flexibility index (Phi) is 3.71. The smallest absolute Gasteiger partial charge is 0.228 e. The average molecular weight is 364 g/mol. The lowest BCUT2D eigenvalue weighted by molar-refractivity contribution is 0.0937. The number of halogens is 1. The van der Waals surface area contributed by atoms with Crippen LogP contribution in [-0.2, 0) is 0 Å². The Hall–Kier alpha value is -3.23. The molecule has 0 spiro atoms. The predicted molar refractivity (Wildman–Crippen MR) is 99.0 cm³/mol. The van der Waals surface area contributed by atoms with Gasteiger partial charge >= 0.3 is 0 Å². The zero-order valence-electron chi connectivity index (χ0n) is 13.9. The van der Waals surface area contributed by atoms with Crippen molar-refractivity contribution in [3.8, 4) is 11.8 Å². The molecule has 2 N–H and O–H groups in total. The molecule has 1 aliphatic heterocycles.